The van der Waals surface area contributed by atoms with Crippen LogP contribution in [-0.4, -0.2) is 17.9 Å². The van der Waals surface area contributed by atoms with Gasteiger partial charge >= 0.3 is 0 Å². The van der Waals surface area contributed by atoms with E-state index in [1.807, 2.05) is 19.1 Å². The van der Waals surface area contributed by atoms with E-state index in [4.69, 9.17) is 16.3 Å². The Labute approximate surface area is 155 Å². The Kier molecular flexibility index (Phi) is 6.74. The first-order chi connectivity index (χ1) is 12.4. The predicted octanol–water partition coefficient (Wildman–Crippen LogP) is 3.42. The Bertz CT molecular complexity index is 839. The second kappa shape index (κ2) is 9.01. The van der Waals surface area contributed by atoms with E-state index in [1.165, 1.54) is 31.2 Å². The number of carbonyl (C=O) groups excluding carboxylic acids is 2. The number of aryl methyl sites for hydroxylation is 1. The molecule has 0 saturated heterocycles. The number of nitrogens with one attached hydrogen (secondary N) is 2. The zero-order valence-corrected chi connectivity index (χ0v) is 15.0. The average molecular weight is 377 g/mol. The van der Waals surface area contributed by atoms with Crippen LogP contribution in [0.25, 0.3) is 6.08 Å². The van der Waals surface area contributed by atoms with E-state index < -0.39 is 23.7 Å². The molecule has 26 heavy (non-hydrogen) atoms. The van der Waals surface area contributed by atoms with Gasteiger partial charge in [0.25, 0.3) is 11.8 Å². The maximum atomic E-state index is 13.5. The van der Waals surface area contributed by atoms with Crippen LogP contribution in [0.15, 0.2) is 48.5 Å². The van der Waals surface area contributed by atoms with Gasteiger partial charge in [0.05, 0.1) is 0 Å². The van der Waals surface area contributed by atoms with Crippen molar-refractivity contribution in [3.63, 3.8) is 0 Å². The van der Waals surface area contributed by atoms with Gasteiger partial charge in [-0.1, -0.05) is 35.9 Å². The highest BCUT2D eigenvalue weighted by Crippen LogP contribution is 2.18. The number of hydrogen-bond donors (Lipinski definition) is 2. The molecule has 2 N–H and O–H groups in total. The molecule has 0 aliphatic rings. The molecule has 0 aliphatic carbocycles. The lowest BCUT2D eigenvalue weighted by atomic mass is 10.1. The minimum Gasteiger partial charge on any atom is -0.478 e. The Morgan fingerprint density at radius 3 is 2.62 bits per heavy atom. The number of halogens is 2. The molecule has 5 nitrogen and oxygen atoms in total. The molecule has 0 unspecified atom stereocenters. The van der Waals surface area contributed by atoms with Crippen LogP contribution in [0.4, 0.5) is 4.39 Å². The van der Waals surface area contributed by atoms with Crippen molar-refractivity contribution in [3.05, 3.63) is 70.5 Å². The van der Waals surface area contributed by atoms with E-state index in [2.05, 4.69) is 10.9 Å². The molecular formula is C19H18ClFN2O3. The molecule has 2 aromatic rings. The van der Waals surface area contributed by atoms with Gasteiger partial charge in [0, 0.05) is 11.1 Å². The standard InChI is InChI=1S/C19H18ClFN2O3/c1-12-7-8-14(11-15(12)20)9-10-18(24)22-23-19(25)13(2)26-17-6-4-3-5-16(17)21/h3-11,13H,1-2H3,(H,22,24)(H,23,25)/b10-9+/t13-/m1/s1. The molecule has 0 aromatic heterocycles. The summed E-state index contributed by atoms with van der Waals surface area (Å²) in [7, 11) is 0. The molecule has 1 atom stereocenters. The number of hydrazine groups is 1. The minimum atomic E-state index is -0.993. The first-order valence-electron chi connectivity index (χ1n) is 7.82. The summed E-state index contributed by atoms with van der Waals surface area (Å²) >= 11 is 6.01. The highest BCUT2D eigenvalue weighted by molar-refractivity contribution is 6.31. The summed E-state index contributed by atoms with van der Waals surface area (Å²) in [5.41, 5.74) is 6.13. The minimum absolute atomic E-state index is 0.0439. The van der Waals surface area contributed by atoms with Crippen molar-refractivity contribution < 1.29 is 18.7 Å². The van der Waals surface area contributed by atoms with E-state index in [1.54, 1.807) is 18.2 Å². The molecule has 0 bridgehead atoms. The predicted molar refractivity (Wildman–Crippen MR) is 98.0 cm³/mol. The number of amides is 2. The highest BCUT2D eigenvalue weighted by Gasteiger charge is 2.16. The normalized spacial score (nSPS) is 11.8. The van der Waals surface area contributed by atoms with Crippen LogP contribution in [0.1, 0.15) is 18.1 Å². The molecule has 0 heterocycles. The van der Waals surface area contributed by atoms with Gasteiger partial charge in [-0.2, -0.15) is 0 Å². The zero-order chi connectivity index (χ0) is 19.1. The Morgan fingerprint density at radius 2 is 1.92 bits per heavy atom. The van der Waals surface area contributed by atoms with Crippen LogP contribution in [0.2, 0.25) is 5.02 Å². The number of rotatable bonds is 5. The highest BCUT2D eigenvalue weighted by atomic mass is 35.5. The summed E-state index contributed by atoms with van der Waals surface area (Å²) < 4.78 is 18.7. The van der Waals surface area contributed by atoms with Gasteiger partial charge in [-0.3, -0.25) is 20.4 Å². The molecule has 7 heteroatoms. The van der Waals surface area contributed by atoms with E-state index in [0.29, 0.717) is 5.02 Å². The van der Waals surface area contributed by atoms with Crippen molar-refractivity contribution in [2.45, 2.75) is 20.0 Å². The van der Waals surface area contributed by atoms with Crippen LogP contribution < -0.4 is 15.6 Å². The van der Waals surface area contributed by atoms with Crippen molar-refractivity contribution in [2.24, 2.45) is 0 Å². The number of ether oxygens (including phenoxy) is 1. The third-order valence-corrected chi connectivity index (χ3v) is 3.85. The third-order valence-electron chi connectivity index (χ3n) is 3.44. The second-order valence-corrected chi connectivity index (χ2v) is 5.92. The SMILES string of the molecule is Cc1ccc(/C=C/C(=O)NNC(=O)[C@@H](C)Oc2ccccc2F)cc1Cl. The van der Waals surface area contributed by atoms with Gasteiger partial charge in [-0.15, -0.1) is 0 Å². The average Bonchev–Trinajstić information content (AvgIpc) is 2.62. The molecule has 2 rings (SSSR count). The van der Waals surface area contributed by atoms with Crippen LogP contribution in [-0.2, 0) is 9.59 Å². The topological polar surface area (TPSA) is 67.4 Å². The first kappa shape index (κ1) is 19.5. The molecule has 0 saturated carbocycles. The molecule has 136 valence electrons. The Balaban J connectivity index is 1.84. The number of carbonyl (C=O) groups is 2. The smallest absolute Gasteiger partial charge is 0.279 e. The maximum absolute atomic E-state index is 13.5. The van der Waals surface area contributed by atoms with E-state index in [0.717, 1.165) is 11.1 Å². The molecule has 0 aliphatic heterocycles. The summed E-state index contributed by atoms with van der Waals surface area (Å²) in [6, 6.07) is 11.1. The van der Waals surface area contributed by atoms with Gasteiger partial charge in [-0.05, 0) is 49.2 Å². The van der Waals surface area contributed by atoms with Crippen LogP contribution >= 0.6 is 11.6 Å². The van der Waals surface area contributed by atoms with Crippen LogP contribution in [0.5, 0.6) is 5.75 Å². The summed E-state index contributed by atoms with van der Waals surface area (Å²) in [5, 5.41) is 0.597. The summed E-state index contributed by atoms with van der Waals surface area (Å²) in [5.74, 6) is -1.77. The monoisotopic (exact) mass is 376 g/mol. The fourth-order valence-electron chi connectivity index (χ4n) is 1.94. The lowest BCUT2D eigenvalue weighted by Crippen LogP contribution is -2.46. The maximum Gasteiger partial charge on any atom is 0.279 e. The van der Waals surface area contributed by atoms with Crippen molar-refractivity contribution in [1.29, 1.82) is 0 Å². The van der Waals surface area contributed by atoms with Crippen molar-refractivity contribution in [2.75, 3.05) is 0 Å². The lowest BCUT2D eigenvalue weighted by Gasteiger charge is -2.15. The first-order valence-corrected chi connectivity index (χ1v) is 8.20. The van der Waals surface area contributed by atoms with Gasteiger partial charge < -0.3 is 4.74 Å². The second-order valence-electron chi connectivity index (χ2n) is 5.51. The molecule has 0 fully saturated rings. The van der Waals surface area contributed by atoms with Crippen LogP contribution in [0, 0.1) is 12.7 Å². The van der Waals surface area contributed by atoms with Gasteiger partial charge in [0.15, 0.2) is 17.7 Å². The summed E-state index contributed by atoms with van der Waals surface area (Å²) in [6.45, 7) is 3.32. The number of benzene rings is 2. The quantitative estimate of drug-likeness (QED) is 0.620. The molecule has 0 radical (unpaired) electrons. The van der Waals surface area contributed by atoms with E-state index in [-0.39, 0.29) is 5.75 Å². The molecule has 2 aromatic carbocycles. The summed E-state index contributed by atoms with van der Waals surface area (Å²) in [4.78, 5) is 23.7. The van der Waals surface area contributed by atoms with Crippen molar-refractivity contribution in [3.8, 4) is 5.75 Å². The zero-order valence-electron chi connectivity index (χ0n) is 14.3. The number of para-hydroxylation sites is 1. The van der Waals surface area contributed by atoms with Gasteiger partial charge in [-0.25, -0.2) is 4.39 Å². The van der Waals surface area contributed by atoms with Crippen molar-refractivity contribution >= 4 is 29.5 Å². The van der Waals surface area contributed by atoms with Gasteiger partial charge in [0.2, 0.25) is 0 Å². The molecule has 0 spiro atoms. The Morgan fingerprint density at radius 1 is 1.19 bits per heavy atom. The van der Waals surface area contributed by atoms with Crippen LogP contribution in [0.3, 0.4) is 0 Å². The fraction of sp³-hybridized carbons (Fsp3) is 0.158. The Hall–Kier alpha value is -2.86. The van der Waals surface area contributed by atoms with Crippen molar-refractivity contribution in [1.82, 2.24) is 10.9 Å². The fourth-order valence-corrected chi connectivity index (χ4v) is 2.12. The molecular weight excluding hydrogens is 359 g/mol. The molecule has 2 amide bonds. The van der Waals surface area contributed by atoms with E-state index >= 15 is 0 Å². The largest absolute Gasteiger partial charge is 0.478 e. The summed E-state index contributed by atoms with van der Waals surface area (Å²) in [6.07, 6.45) is 1.82. The number of hydrogen-bond acceptors (Lipinski definition) is 3. The lowest BCUT2D eigenvalue weighted by molar-refractivity contribution is -0.131. The van der Waals surface area contributed by atoms with Gasteiger partial charge in [0.1, 0.15) is 0 Å². The third kappa shape index (κ3) is 5.60. The van der Waals surface area contributed by atoms with E-state index in [9.17, 15) is 14.0 Å².